The van der Waals surface area contributed by atoms with E-state index in [4.69, 9.17) is 4.74 Å². The van der Waals surface area contributed by atoms with Crippen molar-refractivity contribution in [3.05, 3.63) is 71.7 Å². The first-order chi connectivity index (χ1) is 14.4. The summed E-state index contributed by atoms with van der Waals surface area (Å²) in [6.45, 7) is 9.38. The summed E-state index contributed by atoms with van der Waals surface area (Å²) in [7, 11) is 1.59. The Bertz CT molecular complexity index is 1090. The highest BCUT2D eigenvalue weighted by atomic mass is 16.5. The van der Waals surface area contributed by atoms with Crippen LogP contribution in [0.1, 0.15) is 22.4 Å². The molecular formula is C23H25N5O2. The Morgan fingerprint density at radius 3 is 2.63 bits per heavy atom. The number of carbonyl (C=O) groups is 1. The standard InChI is InChI=1S/C23H25N5O2/c1-6-18(29)10-17-9-14(2)7-8-20(17)26-22-15(3)12-25-23(28-22)27-21-11-19(30-5)13-24-16(21)4/h6-9,11-13H,1,10H2,2-5H3,(H2,25,26,27,28). The van der Waals surface area contributed by atoms with Crippen molar-refractivity contribution in [2.45, 2.75) is 27.2 Å². The lowest BCUT2D eigenvalue weighted by Crippen LogP contribution is -2.07. The van der Waals surface area contributed by atoms with Gasteiger partial charge in [0.2, 0.25) is 5.95 Å². The molecule has 3 rings (SSSR count). The van der Waals surface area contributed by atoms with Gasteiger partial charge in [-0.2, -0.15) is 4.98 Å². The van der Waals surface area contributed by atoms with Crippen molar-refractivity contribution in [1.82, 2.24) is 15.0 Å². The van der Waals surface area contributed by atoms with Crippen LogP contribution in [0, 0.1) is 20.8 Å². The Labute approximate surface area is 176 Å². The molecule has 154 valence electrons. The highest BCUT2D eigenvalue weighted by Crippen LogP contribution is 2.26. The lowest BCUT2D eigenvalue weighted by molar-refractivity contribution is -0.114. The maximum atomic E-state index is 11.9. The fourth-order valence-electron chi connectivity index (χ4n) is 2.88. The topological polar surface area (TPSA) is 89.0 Å². The summed E-state index contributed by atoms with van der Waals surface area (Å²) < 4.78 is 5.24. The number of nitrogens with one attached hydrogen (secondary N) is 2. The van der Waals surface area contributed by atoms with Crippen LogP contribution in [0.3, 0.4) is 0 Å². The second-order valence-electron chi connectivity index (χ2n) is 6.99. The van der Waals surface area contributed by atoms with E-state index in [1.165, 1.54) is 6.08 Å². The van der Waals surface area contributed by atoms with Gasteiger partial charge >= 0.3 is 0 Å². The van der Waals surface area contributed by atoms with Gasteiger partial charge in [-0.3, -0.25) is 9.78 Å². The molecule has 0 fully saturated rings. The largest absolute Gasteiger partial charge is 0.495 e. The van der Waals surface area contributed by atoms with Gasteiger partial charge in [0, 0.05) is 29.9 Å². The SMILES string of the molecule is C=CC(=O)Cc1cc(C)ccc1Nc1nc(Nc2cc(OC)cnc2C)ncc1C. The molecule has 0 radical (unpaired) electrons. The molecule has 30 heavy (non-hydrogen) atoms. The predicted octanol–water partition coefficient (Wildman–Crippen LogP) is 4.59. The van der Waals surface area contributed by atoms with E-state index >= 15 is 0 Å². The molecule has 0 aliphatic heterocycles. The molecule has 0 amide bonds. The van der Waals surface area contributed by atoms with Crippen molar-refractivity contribution < 1.29 is 9.53 Å². The van der Waals surface area contributed by atoms with Crippen molar-refractivity contribution in [2.24, 2.45) is 0 Å². The van der Waals surface area contributed by atoms with E-state index in [1.54, 1.807) is 19.5 Å². The Morgan fingerprint density at radius 1 is 1.10 bits per heavy atom. The molecule has 0 saturated heterocycles. The molecule has 0 saturated carbocycles. The van der Waals surface area contributed by atoms with Gasteiger partial charge in [0.25, 0.3) is 0 Å². The van der Waals surface area contributed by atoms with E-state index in [2.05, 4.69) is 32.2 Å². The minimum atomic E-state index is -0.0357. The van der Waals surface area contributed by atoms with Crippen molar-refractivity contribution in [3.8, 4) is 5.75 Å². The summed E-state index contributed by atoms with van der Waals surface area (Å²) >= 11 is 0. The second-order valence-corrected chi connectivity index (χ2v) is 6.99. The molecule has 7 nitrogen and oxygen atoms in total. The third-order valence-corrected chi connectivity index (χ3v) is 4.62. The number of hydrogen-bond acceptors (Lipinski definition) is 7. The zero-order chi connectivity index (χ0) is 21.7. The number of carbonyl (C=O) groups excluding carboxylic acids is 1. The van der Waals surface area contributed by atoms with Crippen molar-refractivity contribution >= 4 is 28.9 Å². The highest BCUT2D eigenvalue weighted by Gasteiger charge is 2.11. The number of methoxy groups -OCH3 is 1. The zero-order valence-electron chi connectivity index (χ0n) is 17.6. The van der Waals surface area contributed by atoms with Crippen LogP contribution in [0.4, 0.5) is 23.1 Å². The normalized spacial score (nSPS) is 10.4. The summed E-state index contributed by atoms with van der Waals surface area (Å²) in [5.41, 5.74) is 5.23. The minimum Gasteiger partial charge on any atom is -0.495 e. The van der Waals surface area contributed by atoms with Crippen LogP contribution < -0.4 is 15.4 Å². The monoisotopic (exact) mass is 403 g/mol. The molecule has 0 spiro atoms. The zero-order valence-corrected chi connectivity index (χ0v) is 17.6. The van der Waals surface area contributed by atoms with Crippen LogP contribution in [0.2, 0.25) is 0 Å². The first-order valence-electron chi connectivity index (χ1n) is 9.52. The first kappa shape index (κ1) is 21.0. The number of benzene rings is 1. The Kier molecular flexibility index (Phi) is 6.41. The summed E-state index contributed by atoms with van der Waals surface area (Å²) in [5, 5.41) is 6.54. The molecule has 0 aliphatic carbocycles. The van der Waals surface area contributed by atoms with Crippen molar-refractivity contribution in [3.63, 3.8) is 0 Å². The first-order valence-corrected chi connectivity index (χ1v) is 9.52. The average Bonchev–Trinajstić information content (AvgIpc) is 2.73. The highest BCUT2D eigenvalue weighted by molar-refractivity contribution is 5.92. The maximum absolute atomic E-state index is 11.9. The molecule has 0 bridgehead atoms. The summed E-state index contributed by atoms with van der Waals surface area (Å²) in [5.74, 6) is 1.69. The number of ether oxygens (including phenoxy) is 1. The molecule has 7 heteroatoms. The van der Waals surface area contributed by atoms with Crippen LogP contribution in [-0.2, 0) is 11.2 Å². The Balaban J connectivity index is 1.90. The van der Waals surface area contributed by atoms with Gasteiger partial charge in [0.15, 0.2) is 5.78 Å². The smallest absolute Gasteiger partial charge is 0.229 e. The molecular weight excluding hydrogens is 378 g/mol. The number of aryl methyl sites for hydroxylation is 3. The number of nitrogens with zero attached hydrogens (tertiary/aromatic N) is 3. The van der Waals surface area contributed by atoms with Crippen LogP contribution >= 0.6 is 0 Å². The lowest BCUT2D eigenvalue weighted by atomic mass is 10.0. The number of hydrogen-bond donors (Lipinski definition) is 2. The van der Waals surface area contributed by atoms with E-state index in [1.807, 2.05) is 45.0 Å². The van der Waals surface area contributed by atoms with Gasteiger partial charge in [-0.15, -0.1) is 0 Å². The predicted molar refractivity (Wildman–Crippen MR) is 119 cm³/mol. The van der Waals surface area contributed by atoms with Crippen molar-refractivity contribution in [2.75, 3.05) is 17.7 Å². The molecule has 2 heterocycles. The molecule has 0 unspecified atom stereocenters. The third-order valence-electron chi connectivity index (χ3n) is 4.62. The van der Waals surface area contributed by atoms with Crippen LogP contribution in [-0.4, -0.2) is 27.8 Å². The van der Waals surface area contributed by atoms with E-state index in [-0.39, 0.29) is 12.2 Å². The quantitative estimate of drug-likeness (QED) is 0.532. The summed E-state index contributed by atoms with van der Waals surface area (Å²) in [6, 6.07) is 7.78. The van der Waals surface area contributed by atoms with Crippen LogP contribution in [0.15, 0.2) is 49.3 Å². The number of pyridine rings is 1. The number of allylic oxidation sites excluding steroid dienone is 1. The van der Waals surface area contributed by atoms with Crippen molar-refractivity contribution in [1.29, 1.82) is 0 Å². The van der Waals surface area contributed by atoms with E-state index in [0.717, 1.165) is 33.8 Å². The molecule has 2 aromatic heterocycles. The number of aromatic nitrogens is 3. The molecule has 0 atom stereocenters. The minimum absolute atomic E-state index is 0.0357. The Hall–Kier alpha value is -3.74. The van der Waals surface area contributed by atoms with E-state index in [0.29, 0.717) is 17.5 Å². The fourth-order valence-corrected chi connectivity index (χ4v) is 2.88. The Morgan fingerprint density at radius 2 is 1.90 bits per heavy atom. The van der Waals surface area contributed by atoms with Crippen LogP contribution in [0.25, 0.3) is 0 Å². The summed E-state index contributed by atoms with van der Waals surface area (Å²) in [6.07, 6.45) is 5.02. The summed E-state index contributed by atoms with van der Waals surface area (Å²) in [4.78, 5) is 25.2. The number of ketones is 1. The molecule has 0 aliphatic rings. The van der Waals surface area contributed by atoms with Gasteiger partial charge < -0.3 is 15.4 Å². The second kappa shape index (κ2) is 9.17. The van der Waals surface area contributed by atoms with Crippen LogP contribution in [0.5, 0.6) is 5.75 Å². The van der Waals surface area contributed by atoms with Gasteiger partial charge in [-0.1, -0.05) is 24.3 Å². The van der Waals surface area contributed by atoms with Gasteiger partial charge in [0.1, 0.15) is 11.6 Å². The van der Waals surface area contributed by atoms with Gasteiger partial charge in [-0.05, 0) is 38.5 Å². The molecule has 2 N–H and O–H groups in total. The van der Waals surface area contributed by atoms with E-state index in [9.17, 15) is 4.79 Å². The lowest BCUT2D eigenvalue weighted by Gasteiger charge is -2.15. The molecule has 1 aromatic carbocycles. The fraction of sp³-hybridized carbons (Fsp3) is 0.217. The number of rotatable bonds is 8. The molecule has 3 aromatic rings. The average molecular weight is 403 g/mol. The maximum Gasteiger partial charge on any atom is 0.229 e. The third kappa shape index (κ3) is 5.00. The number of anilines is 4. The van der Waals surface area contributed by atoms with Gasteiger partial charge in [-0.25, -0.2) is 4.98 Å². The van der Waals surface area contributed by atoms with E-state index < -0.39 is 0 Å². The van der Waals surface area contributed by atoms with Gasteiger partial charge in [0.05, 0.1) is 24.7 Å².